The molecule has 13 nitrogen and oxygen atoms in total. The van der Waals surface area contributed by atoms with E-state index in [0.717, 1.165) is 4.68 Å². The maximum Gasteiger partial charge on any atom is 0.408 e. The van der Waals surface area contributed by atoms with Crippen LogP contribution >= 0.6 is 11.6 Å². The summed E-state index contributed by atoms with van der Waals surface area (Å²) in [6.07, 6.45) is -0.701. The molecular weight excluding hydrogens is 659 g/mol. The van der Waals surface area contributed by atoms with Crippen LogP contribution in [0.4, 0.5) is 9.18 Å². The molecule has 0 saturated heterocycles. The van der Waals surface area contributed by atoms with Gasteiger partial charge in [-0.25, -0.2) is 24.1 Å². The highest BCUT2D eigenvalue weighted by Gasteiger charge is 2.32. The topological polar surface area (TPSA) is 171 Å². The third kappa shape index (κ3) is 9.71. The number of pyridine rings is 1. The Kier molecular flexibility index (Phi) is 11.3. The summed E-state index contributed by atoms with van der Waals surface area (Å²) in [7, 11) is 1.46. The molecule has 4 aromatic rings. The number of methoxy groups -OCH3 is 1. The first-order valence-corrected chi connectivity index (χ1v) is 15.7. The molecule has 49 heavy (non-hydrogen) atoms. The number of aromatic amines is 1. The van der Waals surface area contributed by atoms with E-state index < -0.39 is 34.3 Å². The number of aromatic nitrogens is 5. The van der Waals surface area contributed by atoms with Gasteiger partial charge in [-0.15, -0.1) is 0 Å². The van der Waals surface area contributed by atoms with Crippen LogP contribution < -0.4 is 15.7 Å². The number of halogens is 2. The summed E-state index contributed by atoms with van der Waals surface area (Å²) in [5.74, 6) is -0.449. The summed E-state index contributed by atoms with van der Waals surface area (Å²) in [6.45, 7) is 10.3. The average molecular weight is 699 g/mol. The summed E-state index contributed by atoms with van der Waals surface area (Å²) in [6, 6.07) is 12.4. The molecule has 1 atom stereocenters. The predicted molar refractivity (Wildman–Crippen MR) is 179 cm³/mol. The average Bonchev–Trinajstić information content (AvgIpc) is 3.44. The third-order valence-corrected chi connectivity index (χ3v) is 7.87. The molecule has 15 heteroatoms. The van der Waals surface area contributed by atoms with Crippen molar-refractivity contribution < 1.29 is 33.3 Å². The molecule has 3 N–H and O–H groups in total. The van der Waals surface area contributed by atoms with Crippen molar-refractivity contribution in [3.05, 3.63) is 92.2 Å². The van der Waals surface area contributed by atoms with Crippen molar-refractivity contribution in [1.82, 2.24) is 30.5 Å². The van der Waals surface area contributed by atoms with E-state index >= 15 is 0 Å². The Labute approximate surface area is 287 Å². The van der Waals surface area contributed by atoms with E-state index in [0.29, 0.717) is 33.7 Å². The van der Waals surface area contributed by atoms with Gasteiger partial charge in [-0.2, -0.15) is 4.68 Å². The number of ketones is 1. The molecule has 1 unspecified atom stereocenters. The Balaban J connectivity index is 1.56. The van der Waals surface area contributed by atoms with E-state index in [1.165, 1.54) is 25.3 Å². The molecule has 2 aromatic heterocycles. The van der Waals surface area contributed by atoms with Crippen LogP contribution in [0.2, 0.25) is 5.02 Å². The van der Waals surface area contributed by atoms with Gasteiger partial charge in [0.2, 0.25) is 0 Å². The monoisotopic (exact) mass is 698 g/mol. The Hall–Kier alpha value is -4.66. The number of hydrogen-bond acceptors (Lipinski definition) is 10. The minimum absolute atomic E-state index is 0.00848. The first kappa shape index (κ1) is 37.2. The van der Waals surface area contributed by atoms with E-state index in [4.69, 9.17) is 25.8 Å². The number of carbonyl (C=O) groups excluding carboxylic acids is 2. The summed E-state index contributed by atoms with van der Waals surface area (Å²) in [4.78, 5) is 42.3. The molecule has 0 radical (unpaired) electrons. The molecule has 2 aromatic carbocycles. The van der Waals surface area contributed by atoms with Crippen molar-refractivity contribution in [3.63, 3.8) is 0 Å². The normalized spacial score (nSPS) is 13.1. The fraction of sp³-hybridized carbons (Fsp3) is 0.412. The molecule has 4 rings (SSSR count). The van der Waals surface area contributed by atoms with E-state index in [2.05, 4.69) is 25.8 Å². The number of ether oxygens (including phenoxy) is 3. The summed E-state index contributed by atoms with van der Waals surface area (Å²) >= 11 is 6.08. The number of benzene rings is 2. The number of hydrogen-bond donors (Lipinski definition) is 3. The van der Waals surface area contributed by atoms with E-state index in [9.17, 15) is 23.9 Å². The minimum atomic E-state index is -1.61. The number of nitrogens with zero attached hydrogens (tertiary/aromatic N) is 4. The van der Waals surface area contributed by atoms with Crippen molar-refractivity contribution in [2.45, 2.75) is 84.5 Å². The molecule has 2 heterocycles. The lowest BCUT2D eigenvalue weighted by atomic mass is 9.87. The maximum absolute atomic E-state index is 14.0. The standard InChI is InChI=1S/C34H40ClFN6O7/c1-32(2,3)49-31(45)38-33(4,5)23-16-26(20-10-11-25(36)24(35)14-20)37-29(17-23)34(6,46)13-12-27(43)21-8-9-22(28(15-21)47-7)18-48-19-42-30(44)39-40-41-42/h8-11,14-17,46H,12-13,18-19H2,1-7H3,(H,38,45)(H,39,41,44). The van der Waals surface area contributed by atoms with Gasteiger partial charge in [0, 0.05) is 23.1 Å². The molecule has 0 aliphatic carbocycles. The molecule has 1 amide bonds. The van der Waals surface area contributed by atoms with Crippen LogP contribution in [0.5, 0.6) is 5.75 Å². The number of tetrazole rings is 1. The molecule has 0 aliphatic heterocycles. The molecule has 262 valence electrons. The quantitative estimate of drug-likeness (QED) is 0.149. The molecule has 0 saturated carbocycles. The Bertz CT molecular complexity index is 1880. The van der Waals surface area contributed by atoms with Gasteiger partial charge in [0.05, 0.1) is 35.7 Å². The molecule has 0 aliphatic rings. The summed E-state index contributed by atoms with van der Waals surface area (Å²) in [5, 5.41) is 23.6. The van der Waals surface area contributed by atoms with Crippen molar-refractivity contribution >= 4 is 23.5 Å². The van der Waals surface area contributed by atoms with E-state index in [-0.39, 0.29) is 42.7 Å². The first-order valence-electron chi connectivity index (χ1n) is 15.4. The van der Waals surface area contributed by atoms with Gasteiger partial charge < -0.3 is 24.6 Å². The van der Waals surface area contributed by atoms with Crippen LogP contribution in [-0.2, 0) is 34.0 Å². The molecule has 0 fully saturated rings. The van der Waals surface area contributed by atoms with Crippen LogP contribution in [0.25, 0.3) is 11.3 Å². The Morgan fingerprint density at radius 3 is 2.43 bits per heavy atom. The minimum Gasteiger partial charge on any atom is -0.496 e. The van der Waals surface area contributed by atoms with E-state index in [1.807, 2.05) is 0 Å². The van der Waals surface area contributed by atoms with Gasteiger partial charge >= 0.3 is 11.8 Å². The van der Waals surface area contributed by atoms with Crippen molar-refractivity contribution in [1.29, 1.82) is 0 Å². The SMILES string of the molecule is COc1cc(C(=O)CCC(C)(O)c2cc(C(C)(C)NC(=O)OC(C)(C)C)cc(-c3ccc(F)c(Cl)c3)n2)ccc1COCn1nn[nH]c1=O. The Morgan fingerprint density at radius 2 is 1.80 bits per heavy atom. The zero-order chi connectivity index (χ0) is 36.1. The highest BCUT2D eigenvalue weighted by atomic mass is 35.5. The maximum atomic E-state index is 14.0. The van der Waals surface area contributed by atoms with Crippen molar-refractivity contribution in [3.8, 4) is 17.0 Å². The van der Waals surface area contributed by atoms with Crippen molar-refractivity contribution in [2.75, 3.05) is 7.11 Å². The van der Waals surface area contributed by atoms with Crippen LogP contribution in [0.15, 0.2) is 53.3 Å². The second-order valence-corrected chi connectivity index (χ2v) is 13.6. The predicted octanol–water partition coefficient (Wildman–Crippen LogP) is 5.63. The van der Waals surface area contributed by atoms with Gasteiger partial charge in [-0.1, -0.05) is 23.7 Å². The lowest BCUT2D eigenvalue weighted by Crippen LogP contribution is -2.44. The summed E-state index contributed by atoms with van der Waals surface area (Å²) < 4.78 is 31.5. The van der Waals surface area contributed by atoms with Gasteiger partial charge in [0.25, 0.3) is 0 Å². The molecule has 0 bridgehead atoms. The number of rotatable bonds is 13. The van der Waals surface area contributed by atoms with Gasteiger partial charge in [0.1, 0.15) is 29.5 Å². The third-order valence-electron chi connectivity index (χ3n) is 7.58. The fourth-order valence-electron chi connectivity index (χ4n) is 4.81. The number of amides is 1. The number of carbonyl (C=O) groups is 2. The zero-order valence-corrected chi connectivity index (χ0v) is 29.1. The van der Waals surface area contributed by atoms with Crippen molar-refractivity contribution in [2.24, 2.45) is 0 Å². The number of Topliss-reactive ketones (excluding diaryl/α,β-unsaturated/α-hetero) is 1. The van der Waals surface area contributed by atoms with Gasteiger partial charge in [-0.3, -0.25) is 4.79 Å². The Morgan fingerprint density at radius 1 is 1.06 bits per heavy atom. The number of alkyl carbamates (subject to hydrolysis) is 1. The van der Waals surface area contributed by atoms with Gasteiger partial charge in [-0.05, 0) is 100 Å². The zero-order valence-electron chi connectivity index (χ0n) is 28.4. The number of H-pyrrole nitrogens is 1. The van der Waals surface area contributed by atoms with Crippen LogP contribution in [0.3, 0.4) is 0 Å². The lowest BCUT2D eigenvalue weighted by Gasteiger charge is -2.31. The lowest BCUT2D eigenvalue weighted by molar-refractivity contribution is 0.0394. The fourth-order valence-corrected chi connectivity index (χ4v) is 4.99. The second-order valence-electron chi connectivity index (χ2n) is 13.2. The van der Waals surface area contributed by atoms with Crippen LogP contribution in [-0.4, -0.2) is 54.9 Å². The van der Waals surface area contributed by atoms with Crippen LogP contribution in [0, 0.1) is 5.82 Å². The van der Waals surface area contributed by atoms with Gasteiger partial charge in [0.15, 0.2) is 5.78 Å². The number of aliphatic hydroxyl groups is 1. The van der Waals surface area contributed by atoms with E-state index in [1.54, 1.807) is 71.9 Å². The van der Waals surface area contributed by atoms with Crippen LogP contribution in [0.1, 0.15) is 81.6 Å². The first-order chi connectivity index (χ1) is 22.9. The smallest absolute Gasteiger partial charge is 0.408 e. The largest absolute Gasteiger partial charge is 0.496 e. The second kappa shape index (κ2) is 14.8. The molecular formula is C34H40ClFN6O7. The highest BCUT2D eigenvalue weighted by Crippen LogP contribution is 2.34. The number of nitrogens with one attached hydrogen (secondary N) is 2. The highest BCUT2D eigenvalue weighted by molar-refractivity contribution is 6.31. The summed E-state index contributed by atoms with van der Waals surface area (Å²) in [5.41, 5.74) is -1.20. The molecule has 0 spiro atoms.